The molecule has 0 fully saturated rings. The van der Waals surface area contributed by atoms with Crippen molar-refractivity contribution in [3.05, 3.63) is 89.7 Å². The quantitative estimate of drug-likeness (QED) is 0.275. The van der Waals surface area contributed by atoms with Gasteiger partial charge in [0.1, 0.15) is 16.6 Å². The van der Waals surface area contributed by atoms with Gasteiger partial charge in [-0.1, -0.05) is 53.7 Å². The molecule has 7 heteroatoms. The van der Waals surface area contributed by atoms with Gasteiger partial charge in [0.2, 0.25) is 0 Å². The van der Waals surface area contributed by atoms with Gasteiger partial charge in [-0.15, -0.1) is 0 Å². The molecule has 1 N–H and O–H groups in total. The van der Waals surface area contributed by atoms with Crippen molar-refractivity contribution < 1.29 is 9.13 Å². The Morgan fingerprint density at radius 2 is 1.62 bits per heavy atom. The van der Waals surface area contributed by atoms with E-state index in [0.717, 1.165) is 32.5 Å². The van der Waals surface area contributed by atoms with Crippen LogP contribution in [0.5, 0.6) is 5.75 Å². The van der Waals surface area contributed by atoms with E-state index >= 15 is 0 Å². The van der Waals surface area contributed by atoms with Crippen molar-refractivity contribution in [3.63, 3.8) is 0 Å². The maximum atomic E-state index is 13.6. The van der Waals surface area contributed by atoms with Gasteiger partial charge in [-0.05, 0) is 59.3 Å². The first-order chi connectivity index (χ1) is 15.6. The molecule has 1 aromatic heterocycles. The van der Waals surface area contributed by atoms with E-state index in [2.05, 4.69) is 11.4 Å². The highest BCUT2D eigenvalue weighted by Crippen LogP contribution is 2.36. The number of benzene rings is 4. The number of hydrogen-bond acceptors (Lipinski definition) is 5. The van der Waals surface area contributed by atoms with Gasteiger partial charge in [0.25, 0.3) is 0 Å². The molecule has 5 aromatic rings. The third-order valence-electron chi connectivity index (χ3n) is 4.94. The molecule has 0 unspecified atom stereocenters. The third-order valence-corrected chi connectivity index (χ3v) is 6.20. The lowest BCUT2D eigenvalue weighted by Crippen LogP contribution is -2.00. The third kappa shape index (κ3) is 4.20. The summed E-state index contributed by atoms with van der Waals surface area (Å²) in [4.78, 5) is 10.7. The average molecular weight is 462 g/mol. The lowest BCUT2D eigenvalue weighted by Gasteiger charge is -2.13. The molecule has 32 heavy (non-hydrogen) atoms. The topological polar surface area (TPSA) is 47.0 Å². The van der Waals surface area contributed by atoms with Gasteiger partial charge in [-0.25, -0.2) is 14.4 Å². The summed E-state index contributed by atoms with van der Waals surface area (Å²) in [5.74, 6) is 0.845. The Morgan fingerprint density at radius 3 is 2.34 bits per heavy atom. The summed E-state index contributed by atoms with van der Waals surface area (Å²) in [6.45, 7) is 0. The van der Waals surface area contributed by atoms with Crippen LogP contribution in [0.3, 0.4) is 0 Å². The first-order valence-corrected chi connectivity index (χ1v) is 11.0. The summed E-state index contributed by atoms with van der Waals surface area (Å²) in [7, 11) is 1.63. The van der Waals surface area contributed by atoms with Crippen LogP contribution in [0.1, 0.15) is 0 Å². The van der Waals surface area contributed by atoms with Crippen molar-refractivity contribution in [1.82, 2.24) is 9.97 Å². The molecule has 0 aliphatic rings. The summed E-state index contributed by atoms with van der Waals surface area (Å²) < 4.78 is 19.0. The zero-order valence-corrected chi connectivity index (χ0v) is 18.5. The highest BCUT2D eigenvalue weighted by Gasteiger charge is 2.13. The van der Waals surface area contributed by atoms with Crippen LogP contribution in [-0.2, 0) is 0 Å². The number of fused-ring (bicyclic) bond motifs is 2. The van der Waals surface area contributed by atoms with E-state index < -0.39 is 5.82 Å². The van der Waals surface area contributed by atoms with E-state index in [0.29, 0.717) is 16.5 Å². The second-order valence-corrected chi connectivity index (χ2v) is 8.57. The van der Waals surface area contributed by atoms with E-state index in [4.69, 9.17) is 26.3 Å². The highest BCUT2D eigenvalue weighted by atomic mass is 35.5. The fraction of sp³-hybridized carbons (Fsp3) is 0.0400. The normalized spacial score (nSPS) is 11.1. The van der Waals surface area contributed by atoms with Gasteiger partial charge >= 0.3 is 0 Å². The van der Waals surface area contributed by atoms with Crippen molar-refractivity contribution in [1.29, 1.82) is 0 Å². The van der Waals surface area contributed by atoms with Crippen LogP contribution < -0.4 is 10.1 Å². The molecule has 1 heterocycles. The Kier molecular flexibility index (Phi) is 5.55. The largest absolute Gasteiger partial charge is 0.497 e. The monoisotopic (exact) mass is 461 g/mol. The lowest BCUT2D eigenvalue weighted by molar-refractivity contribution is 0.413. The minimum atomic E-state index is -0.473. The van der Waals surface area contributed by atoms with Gasteiger partial charge < -0.3 is 10.1 Å². The standard InChI is InChI=1S/C25H17ClFN3OS/c1-31-18-7-4-8-19(14-18)32-25-24(28-17-9-10-21(27)20(26)13-17)29-22-11-15-5-2-3-6-16(15)12-23(22)30-25/h2-14H,1H3,(H,28,29). The summed E-state index contributed by atoms with van der Waals surface area (Å²) in [5, 5.41) is 6.15. The summed E-state index contributed by atoms with van der Waals surface area (Å²) in [6.07, 6.45) is 0. The molecule has 4 aromatic carbocycles. The van der Waals surface area contributed by atoms with Crippen LogP contribution in [0.4, 0.5) is 15.9 Å². The minimum absolute atomic E-state index is 0.0386. The molecule has 0 aliphatic heterocycles. The van der Waals surface area contributed by atoms with Crippen LogP contribution in [0.15, 0.2) is 88.8 Å². The molecular weight excluding hydrogens is 445 g/mol. The molecule has 0 atom stereocenters. The predicted octanol–water partition coefficient (Wildman–Crippen LogP) is 7.48. The Balaban J connectivity index is 1.63. The molecule has 0 radical (unpaired) electrons. The lowest BCUT2D eigenvalue weighted by atomic mass is 10.1. The number of ether oxygens (including phenoxy) is 1. The number of methoxy groups -OCH3 is 1. The number of halogens is 2. The number of nitrogens with zero attached hydrogens (tertiary/aromatic N) is 2. The first-order valence-electron chi connectivity index (χ1n) is 9.83. The van der Waals surface area contributed by atoms with E-state index in [-0.39, 0.29) is 5.02 Å². The summed E-state index contributed by atoms with van der Waals surface area (Å²) >= 11 is 7.44. The molecule has 0 saturated carbocycles. The fourth-order valence-corrected chi connectivity index (χ4v) is 4.43. The molecule has 0 aliphatic carbocycles. The Bertz CT molecular complexity index is 1460. The van der Waals surface area contributed by atoms with Crippen LogP contribution in [0, 0.1) is 5.82 Å². The van der Waals surface area contributed by atoms with Gasteiger partial charge in [0.15, 0.2) is 5.82 Å². The van der Waals surface area contributed by atoms with E-state index in [1.807, 2.05) is 54.6 Å². The molecule has 0 spiro atoms. The van der Waals surface area contributed by atoms with Gasteiger partial charge in [0.05, 0.1) is 23.2 Å². The van der Waals surface area contributed by atoms with Gasteiger partial charge in [-0.3, -0.25) is 0 Å². The second-order valence-electron chi connectivity index (χ2n) is 7.10. The minimum Gasteiger partial charge on any atom is -0.497 e. The summed E-state index contributed by atoms with van der Waals surface area (Å²) in [5.41, 5.74) is 2.17. The smallest absolute Gasteiger partial charge is 0.164 e. The molecule has 4 nitrogen and oxygen atoms in total. The van der Waals surface area contributed by atoms with Crippen molar-refractivity contribution in [2.24, 2.45) is 0 Å². The van der Waals surface area contributed by atoms with Gasteiger partial charge in [0, 0.05) is 10.6 Å². The average Bonchev–Trinajstić information content (AvgIpc) is 2.81. The van der Waals surface area contributed by atoms with Crippen LogP contribution in [0.25, 0.3) is 21.8 Å². The molecular formula is C25H17ClFN3OS. The molecule has 0 bridgehead atoms. The SMILES string of the molecule is COc1cccc(Sc2nc3cc4ccccc4cc3nc2Nc2ccc(F)c(Cl)c2)c1. The Hall–Kier alpha value is -3.35. The number of nitrogens with one attached hydrogen (secondary N) is 1. The maximum Gasteiger partial charge on any atom is 0.164 e. The van der Waals surface area contributed by atoms with E-state index in [1.54, 1.807) is 13.2 Å². The number of anilines is 2. The van der Waals surface area contributed by atoms with E-state index in [1.165, 1.54) is 23.9 Å². The van der Waals surface area contributed by atoms with Crippen LogP contribution >= 0.6 is 23.4 Å². The summed E-state index contributed by atoms with van der Waals surface area (Å²) in [6, 6.07) is 24.4. The Labute approximate surface area is 193 Å². The van der Waals surface area contributed by atoms with Crippen LogP contribution in [0.2, 0.25) is 5.02 Å². The van der Waals surface area contributed by atoms with E-state index in [9.17, 15) is 4.39 Å². The highest BCUT2D eigenvalue weighted by molar-refractivity contribution is 7.99. The fourth-order valence-electron chi connectivity index (χ4n) is 3.37. The van der Waals surface area contributed by atoms with Crippen molar-refractivity contribution in [2.75, 3.05) is 12.4 Å². The van der Waals surface area contributed by atoms with Crippen molar-refractivity contribution in [3.8, 4) is 5.75 Å². The van der Waals surface area contributed by atoms with Gasteiger partial charge in [-0.2, -0.15) is 0 Å². The number of hydrogen-bond donors (Lipinski definition) is 1. The maximum absolute atomic E-state index is 13.6. The molecule has 158 valence electrons. The Morgan fingerprint density at radius 1 is 0.875 bits per heavy atom. The zero-order valence-electron chi connectivity index (χ0n) is 17.0. The number of aromatic nitrogens is 2. The molecule has 0 amide bonds. The number of rotatable bonds is 5. The molecule has 5 rings (SSSR count). The van der Waals surface area contributed by atoms with Crippen molar-refractivity contribution in [2.45, 2.75) is 9.92 Å². The van der Waals surface area contributed by atoms with Crippen LogP contribution in [-0.4, -0.2) is 17.1 Å². The first kappa shape index (κ1) is 20.5. The van der Waals surface area contributed by atoms with Crippen molar-refractivity contribution >= 4 is 56.7 Å². The zero-order chi connectivity index (χ0) is 22.1. The second kappa shape index (κ2) is 8.65. The predicted molar refractivity (Wildman–Crippen MR) is 129 cm³/mol. The molecule has 0 saturated heterocycles.